The lowest BCUT2D eigenvalue weighted by Gasteiger charge is -1.95. The number of para-hydroxylation sites is 1. The zero-order chi connectivity index (χ0) is 16.5. The van der Waals surface area contributed by atoms with Crippen LogP contribution >= 0.6 is 15.9 Å². The van der Waals surface area contributed by atoms with Gasteiger partial charge in [0.25, 0.3) is 0 Å². The van der Waals surface area contributed by atoms with Gasteiger partial charge in [-0.1, -0.05) is 34.1 Å². The van der Waals surface area contributed by atoms with Crippen molar-refractivity contribution in [1.82, 2.24) is 10.4 Å². The molecule has 2 aromatic heterocycles. The number of nitrogens with one attached hydrogen (secondary N) is 2. The summed E-state index contributed by atoms with van der Waals surface area (Å²) >= 11 is 3.39. The number of nitrogens with zero attached hydrogens (tertiary/aromatic N) is 1. The molecule has 118 valence electrons. The van der Waals surface area contributed by atoms with Crippen LogP contribution in [-0.4, -0.2) is 17.1 Å². The van der Waals surface area contributed by atoms with Crippen molar-refractivity contribution in [3.05, 3.63) is 70.5 Å². The molecule has 0 saturated heterocycles. The zero-order valence-corrected chi connectivity index (χ0v) is 14.0. The maximum atomic E-state index is 12.2. The van der Waals surface area contributed by atoms with Crippen LogP contribution in [0.5, 0.6) is 0 Å². The molecule has 0 aliphatic carbocycles. The van der Waals surface area contributed by atoms with Gasteiger partial charge < -0.3 is 9.40 Å². The second-order valence-electron chi connectivity index (χ2n) is 5.28. The molecule has 2 aromatic carbocycles. The molecule has 0 aliphatic heterocycles. The van der Waals surface area contributed by atoms with E-state index < -0.39 is 5.91 Å². The number of hydrazone groups is 1. The van der Waals surface area contributed by atoms with Crippen LogP contribution in [0.2, 0.25) is 0 Å². The minimum Gasteiger partial charge on any atom is -0.451 e. The average molecular weight is 382 g/mol. The zero-order valence-electron chi connectivity index (χ0n) is 12.4. The van der Waals surface area contributed by atoms with E-state index in [1.807, 2.05) is 48.7 Å². The van der Waals surface area contributed by atoms with Gasteiger partial charge in [0.05, 0.1) is 6.21 Å². The number of aromatic amines is 1. The first kappa shape index (κ1) is 14.7. The normalized spacial score (nSPS) is 11.5. The molecule has 0 atom stereocenters. The van der Waals surface area contributed by atoms with E-state index in [0.717, 1.165) is 26.3 Å². The summed E-state index contributed by atoms with van der Waals surface area (Å²) in [4.78, 5) is 15.3. The fraction of sp³-hybridized carbons (Fsp3) is 0. The van der Waals surface area contributed by atoms with Gasteiger partial charge in [0.1, 0.15) is 5.58 Å². The molecule has 5 nitrogen and oxygen atoms in total. The molecule has 24 heavy (non-hydrogen) atoms. The van der Waals surface area contributed by atoms with Crippen LogP contribution in [0.15, 0.2) is 68.7 Å². The van der Waals surface area contributed by atoms with Crippen molar-refractivity contribution in [3.63, 3.8) is 0 Å². The fourth-order valence-electron chi connectivity index (χ4n) is 2.54. The Morgan fingerprint density at radius 3 is 3.00 bits per heavy atom. The van der Waals surface area contributed by atoms with Crippen LogP contribution in [0, 0.1) is 0 Å². The van der Waals surface area contributed by atoms with Crippen molar-refractivity contribution in [1.29, 1.82) is 0 Å². The quantitative estimate of drug-likeness (QED) is 0.406. The highest BCUT2D eigenvalue weighted by Gasteiger charge is 2.11. The number of fused-ring (bicyclic) bond motifs is 2. The molecule has 0 saturated carbocycles. The molecular formula is C18H12BrN3O2. The number of benzene rings is 2. The average Bonchev–Trinajstić information content (AvgIpc) is 3.18. The van der Waals surface area contributed by atoms with Crippen molar-refractivity contribution in [2.75, 3.05) is 0 Å². The molecule has 0 aliphatic rings. The summed E-state index contributed by atoms with van der Waals surface area (Å²) in [5, 5.41) is 5.92. The van der Waals surface area contributed by atoms with Gasteiger partial charge in [0.15, 0.2) is 5.76 Å². The van der Waals surface area contributed by atoms with Crippen molar-refractivity contribution in [3.8, 4) is 0 Å². The molecule has 1 amide bonds. The van der Waals surface area contributed by atoms with E-state index in [1.54, 1.807) is 12.3 Å². The van der Waals surface area contributed by atoms with Crippen LogP contribution in [-0.2, 0) is 0 Å². The summed E-state index contributed by atoms with van der Waals surface area (Å²) in [5.41, 5.74) is 5.07. The second-order valence-corrected chi connectivity index (χ2v) is 6.20. The van der Waals surface area contributed by atoms with Crippen LogP contribution in [0.25, 0.3) is 21.9 Å². The molecule has 4 rings (SSSR count). The Labute approximate surface area is 145 Å². The summed E-state index contributed by atoms with van der Waals surface area (Å²) in [6, 6.07) is 15.2. The summed E-state index contributed by atoms with van der Waals surface area (Å²) in [7, 11) is 0. The van der Waals surface area contributed by atoms with Gasteiger partial charge in [-0.15, -0.1) is 0 Å². The third kappa shape index (κ3) is 2.72. The van der Waals surface area contributed by atoms with Gasteiger partial charge in [-0.2, -0.15) is 5.10 Å². The molecule has 0 spiro atoms. The number of halogens is 1. The summed E-state index contributed by atoms with van der Waals surface area (Å²) in [6.07, 6.45) is 3.45. The Morgan fingerprint density at radius 2 is 2.08 bits per heavy atom. The third-order valence-corrected chi connectivity index (χ3v) is 4.19. The van der Waals surface area contributed by atoms with Gasteiger partial charge >= 0.3 is 5.91 Å². The van der Waals surface area contributed by atoms with Gasteiger partial charge in [0, 0.05) is 32.5 Å². The fourth-order valence-corrected chi connectivity index (χ4v) is 2.92. The first-order valence-electron chi connectivity index (χ1n) is 7.29. The number of H-pyrrole nitrogens is 1. The minimum atomic E-state index is -0.390. The predicted molar refractivity (Wildman–Crippen MR) is 97.3 cm³/mol. The monoisotopic (exact) mass is 381 g/mol. The number of hydrogen-bond donors (Lipinski definition) is 2. The number of furan rings is 1. The molecule has 4 aromatic rings. The molecule has 6 heteroatoms. The highest BCUT2D eigenvalue weighted by Crippen LogP contribution is 2.23. The number of carbonyl (C=O) groups is 1. The topological polar surface area (TPSA) is 70.4 Å². The van der Waals surface area contributed by atoms with Gasteiger partial charge in [-0.3, -0.25) is 4.79 Å². The maximum absolute atomic E-state index is 12.2. The van der Waals surface area contributed by atoms with E-state index in [2.05, 4.69) is 31.4 Å². The molecule has 0 unspecified atom stereocenters. The van der Waals surface area contributed by atoms with Gasteiger partial charge in [-0.05, 0) is 30.3 Å². The number of amides is 1. The smallest absolute Gasteiger partial charge is 0.307 e. The third-order valence-electron chi connectivity index (χ3n) is 3.69. The van der Waals surface area contributed by atoms with Crippen molar-refractivity contribution >= 4 is 49.9 Å². The van der Waals surface area contributed by atoms with Gasteiger partial charge in [0.2, 0.25) is 0 Å². The van der Waals surface area contributed by atoms with Crippen molar-refractivity contribution in [2.24, 2.45) is 5.10 Å². The Balaban J connectivity index is 1.53. The second kappa shape index (κ2) is 5.98. The maximum Gasteiger partial charge on any atom is 0.307 e. The first-order valence-corrected chi connectivity index (χ1v) is 8.08. The van der Waals surface area contributed by atoms with Crippen molar-refractivity contribution < 1.29 is 9.21 Å². The van der Waals surface area contributed by atoms with E-state index in [1.165, 1.54) is 0 Å². The minimum absolute atomic E-state index is 0.221. The molecule has 0 bridgehead atoms. The molecule has 0 radical (unpaired) electrons. The Kier molecular flexibility index (Phi) is 3.66. The Morgan fingerprint density at radius 1 is 1.21 bits per heavy atom. The molecule has 0 fully saturated rings. The molecule has 2 heterocycles. The highest BCUT2D eigenvalue weighted by molar-refractivity contribution is 9.10. The number of carbonyl (C=O) groups excluding carboxylic acids is 1. The lowest BCUT2D eigenvalue weighted by Crippen LogP contribution is -2.16. The SMILES string of the molecule is O=C(NN=Cc1c[nH]c2ccccc12)c1cc2cc(Br)ccc2o1. The summed E-state index contributed by atoms with van der Waals surface area (Å²) in [5.74, 6) is -0.169. The molecule has 2 N–H and O–H groups in total. The van der Waals surface area contributed by atoms with Crippen LogP contribution in [0.3, 0.4) is 0 Å². The lowest BCUT2D eigenvalue weighted by molar-refractivity contribution is 0.0929. The number of aromatic nitrogens is 1. The molecular weight excluding hydrogens is 370 g/mol. The van der Waals surface area contributed by atoms with E-state index in [-0.39, 0.29) is 5.76 Å². The van der Waals surface area contributed by atoms with Crippen LogP contribution < -0.4 is 5.43 Å². The number of rotatable bonds is 3. The van der Waals surface area contributed by atoms with Gasteiger partial charge in [-0.25, -0.2) is 5.43 Å². The van der Waals surface area contributed by atoms with Crippen LogP contribution in [0.4, 0.5) is 0 Å². The predicted octanol–water partition coefficient (Wildman–Crippen LogP) is 4.44. The largest absolute Gasteiger partial charge is 0.451 e. The van der Waals surface area contributed by atoms with E-state index >= 15 is 0 Å². The Bertz CT molecular complexity index is 1080. The van der Waals surface area contributed by atoms with Crippen LogP contribution in [0.1, 0.15) is 16.1 Å². The highest BCUT2D eigenvalue weighted by atomic mass is 79.9. The van der Waals surface area contributed by atoms with E-state index in [9.17, 15) is 4.79 Å². The summed E-state index contributed by atoms with van der Waals surface area (Å²) < 4.78 is 6.46. The standard InChI is InChI=1S/C18H12BrN3O2/c19-13-5-6-16-11(7-13)8-17(24-16)18(23)22-21-10-12-9-20-15-4-2-1-3-14(12)15/h1-10,20H,(H,22,23). The van der Waals surface area contributed by atoms with E-state index in [0.29, 0.717) is 5.58 Å². The Hall–Kier alpha value is -2.86. The lowest BCUT2D eigenvalue weighted by atomic mass is 10.2. The number of hydrogen-bond acceptors (Lipinski definition) is 3. The van der Waals surface area contributed by atoms with Crippen molar-refractivity contribution in [2.45, 2.75) is 0 Å². The first-order chi connectivity index (χ1) is 11.7. The van der Waals surface area contributed by atoms with E-state index in [4.69, 9.17) is 4.42 Å². The summed E-state index contributed by atoms with van der Waals surface area (Å²) in [6.45, 7) is 0.